The first-order chi connectivity index (χ1) is 9.66. The van der Waals surface area contributed by atoms with Crippen molar-refractivity contribution < 1.29 is 14.7 Å². The lowest BCUT2D eigenvalue weighted by Gasteiger charge is -2.35. The molecule has 1 atom stereocenters. The van der Waals surface area contributed by atoms with Gasteiger partial charge in [0.05, 0.1) is 17.7 Å². The van der Waals surface area contributed by atoms with E-state index in [0.29, 0.717) is 19.5 Å². The van der Waals surface area contributed by atoms with Crippen molar-refractivity contribution in [2.75, 3.05) is 6.54 Å². The van der Waals surface area contributed by atoms with Gasteiger partial charge in [0.2, 0.25) is 0 Å². The number of piperidine rings is 1. The van der Waals surface area contributed by atoms with E-state index in [1.807, 2.05) is 5.38 Å². The fraction of sp³-hybridized carbons (Fsp3) is 0.615. The van der Waals surface area contributed by atoms with Crippen LogP contribution in [0.1, 0.15) is 37.8 Å². The summed E-state index contributed by atoms with van der Waals surface area (Å²) in [5, 5.41) is 13.5. The summed E-state index contributed by atoms with van der Waals surface area (Å²) in [5.41, 5.74) is 2.58. The highest BCUT2D eigenvalue weighted by molar-refractivity contribution is 7.07. The zero-order valence-corrected chi connectivity index (χ0v) is 12.1. The molecule has 1 fully saturated rings. The smallest absolute Gasteiger partial charge is 0.317 e. The molecule has 6 nitrogen and oxygen atoms in total. The van der Waals surface area contributed by atoms with E-state index < -0.39 is 5.97 Å². The Balaban J connectivity index is 1.86. The minimum Gasteiger partial charge on any atom is -0.481 e. The van der Waals surface area contributed by atoms with Crippen molar-refractivity contribution in [1.29, 1.82) is 0 Å². The van der Waals surface area contributed by atoms with Crippen LogP contribution in [0, 0.1) is 0 Å². The number of carboxylic acids is 1. The Morgan fingerprint density at radius 1 is 1.50 bits per heavy atom. The number of amides is 2. The van der Waals surface area contributed by atoms with Gasteiger partial charge in [-0.1, -0.05) is 0 Å². The van der Waals surface area contributed by atoms with Crippen LogP contribution in [0.5, 0.6) is 0 Å². The molecule has 2 N–H and O–H groups in total. The molecular weight excluding hydrogens is 278 g/mol. The van der Waals surface area contributed by atoms with Crippen LogP contribution in [0.25, 0.3) is 0 Å². The average Bonchev–Trinajstić information content (AvgIpc) is 2.96. The third-order valence-electron chi connectivity index (χ3n) is 3.48. The Morgan fingerprint density at radius 3 is 3.05 bits per heavy atom. The maximum Gasteiger partial charge on any atom is 0.317 e. The van der Waals surface area contributed by atoms with E-state index in [1.165, 1.54) is 11.3 Å². The molecular formula is C13H19N3O3S. The molecule has 110 valence electrons. The highest BCUT2D eigenvalue weighted by atomic mass is 32.1. The minimum atomic E-state index is -0.807. The first kappa shape index (κ1) is 14.8. The number of urea groups is 1. The fourth-order valence-electron chi connectivity index (χ4n) is 2.45. The standard InChI is InChI=1S/C13H19N3O3S/c17-12(18)5-4-11-3-1-2-6-16(11)13(19)14-7-10-8-20-9-15-10/h8-9,11H,1-7H2,(H,14,19)(H,17,18). The van der Waals surface area contributed by atoms with Crippen LogP contribution in [0.3, 0.4) is 0 Å². The van der Waals surface area contributed by atoms with Gasteiger partial charge in [-0.15, -0.1) is 11.3 Å². The van der Waals surface area contributed by atoms with Gasteiger partial charge in [0.15, 0.2) is 0 Å². The zero-order chi connectivity index (χ0) is 14.4. The first-order valence-corrected chi connectivity index (χ1v) is 7.74. The summed E-state index contributed by atoms with van der Waals surface area (Å²) in [6.45, 7) is 1.12. The SMILES string of the molecule is O=C(O)CCC1CCCCN1C(=O)NCc1cscn1. The van der Waals surface area contributed by atoms with Crippen molar-refractivity contribution in [3.63, 3.8) is 0 Å². The summed E-state index contributed by atoms with van der Waals surface area (Å²) in [5.74, 6) is -0.807. The van der Waals surface area contributed by atoms with E-state index in [2.05, 4.69) is 10.3 Å². The molecule has 1 aliphatic heterocycles. The average molecular weight is 297 g/mol. The van der Waals surface area contributed by atoms with Crippen LogP contribution in [-0.2, 0) is 11.3 Å². The first-order valence-electron chi connectivity index (χ1n) is 6.80. The van der Waals surface area contributed by atoms with Crippen LogP contribution in [0.4, 0.5) is 4.79 Å². The normalized spacial score (nSPS) is 18.8. The molecule has 0 aromatic carbocycles. The highest BCUT2D eigenvalue weighted by Crippen LogP contribution is 2.21. The molecule has 1 aromatic heterocycles. The van der Waals surface area contributed by atoms with Crippen LogP contribution >= 0.6 is 11.3 Å². The molecule has 1 aliphatic rings. The van der Waals surface area contributed by atoms with E-state index in [0.717, 1.165) is 25.0 Å². The zero-order valence-electron chi connectivity index (χ0n) is 11.2. The van der Waals surface area contributed by atoms with Gasteiger partial charge in [0, 0.05) is 24.4 Å². The summed E-state index contributed by atoms with van der Waals surface area (Å²) >= 11 is 1.50. The number of aromatic nitrogens is 1. The molecule has 0 aliphatic carbocycles. The van der Waals surface area contributed by atoms with Gasteiger partial charge in [-0.3, -0.25) is 4.79 Å². The molecule has 1 saturated heterocycles. The second kappa shape index (κ2) is 7.23. The maximum atomic E-state index is 12.2. The van der Waals surface area contributed by atoms with Gasteiger partial charge < -0.3 is 15.3 Å². The summed E-state index contributed by atoms with van der Waals surface area (Å²) in [7, 11) is 0. The van der Waals surface area contributed by atoms with Crippen molar-refractivity contribution in [3.8, 4) is 0 Å². The molecule has 2 heterocycles. The van der Waals surface area contributed by atoms with Gasteiger partial charge in [-0.05, 0) is 25.7 Å². The molecule has 20 heavy (non-hydrogen) atoms. The number of hydrogen-bond donors (Lipinski definition) is 2. The highest BCUT2D eigenvalue weighted by Gasteiger charge is 2.26. The number of rotatable bonds is 5. The Hall–Kier alpha value is -1.63. The van der Waals surface area contributed by atoms with Crippen molar-refractivity contribution in [3.05, 3.63) is 16.6 Å². The Morgan fingerprint density at radius 2 is 2.35 bits per heavy atom. The fourth-order valence-corrected chi connectivity index (χ4v) is 3.01. The third-order valence-corrected chi connectivity index (χ3v) is 4.12. The Kier molecular flexibility index (Phi) is 5.34. The third kappa shape index (κ3) is 4.19. The number of carboxylic acid groups (broad SMARTS) is 1. The van der Waals surface area contributed by atoms with Crippen molar-refractivity contribution in [2.24, 2.45) is 0 Å². The number of carbonyl (C=O) groups is 2. The number of aliphatic carboxylic acids is 1. The molecule has 7 heteroatoms. The van der Waals surface area contributed by atoms with E-state index in [4.69, 9.17) is 5.11 Å². The van der Waals surface area contributed by atoms with Crippen LogP contribution in [0.2, 0.25) is 0 Å². The van der Waals surface area contributed by atoms with Crippen molar-refractivity contribution in [1.82, 2.24) is 15.2 Å². The summed E-state index contributed by atoms with van der Waals surface area (Å²) < 4.78 is 0. The van der Waals surface area contributed by atoms with E-state index in [9.17, 15) is 9.59 Å². The Labute approximate surface area is 121 Å². The lowest BCUT2D eigenvalue weighted by molar-refractivity contribution is -0.137. The summed E-state index contributed by atoms with van der Waals surface area (Å²) in [6.07, 6.45) is 3.56. The number of carbonyl (C=O) groups excluding carboxylic acids is 1. The van der Waals surface area contributed by atoms with Gasteiger partial charge in [0.1, 0.15) is 0 Å². The van der Waals surface area contributed by atoms with Crippen LogP contribution in [0.15, 0.2) is 10.9 Å². The number of nitrogens with zero attached hydrogens (tertiary/aromatic N) is 2. The molecule has 2 rings (SSSR count). The maximum absolute atomic E-state index is 12.2. The van der Waals surface area contributed by atoms with E-state index in [-0.39, 0.29) is 18.5 Å². The van der Waals surface area contributed by atoms with Crippen LogP contribution in [-0.4, -0.2) is 39.6 Å². The minimum absolute atomic E-state index is 0.0373. The quantitative estimate of drug-likeness (QED) is 0.871. The van der Waals surface area contributed by atoms with Gasteiger partial charge >= 0.3 is 12.0 Å². The van der Waals surface area contributed by atoms with E-state index in [1.54, 1.807) is 10.4 Å². The monoisotopic (exact) mass is 297 g/mol. The second-order valence-corrected chi connectivity index (χ2v) is 5.63. The number of likely N-dealkylation sites (tertiary alicyclic amines) is 1. The lowest BCUT2D eigenvalue weighted by atomic mass is 9.98. The number of thiazole rings is 1. The Bertz CT molecular complexity index is 450. The molecule has 0 radical (unpaired) electrons. The molecule has 0 bridgehead atoms. The van der Waals surface area contributed by atoms with Gasteiger partial charge in [0.25, 0.3) is 0 Å². The van der Waals surface area contributed by atoms with E-state index >= 15 is 0 Å². The van der Waals surface area contributed by atoms with Crippen molar-refractivity contribution >= 4 is 23.3 Å². The van der Waals surface area contributed by atoms with Crippen molar-refractivity contribution in [2.45, 2.75) is 44.7 Å². The number of hydrogen-bond acceptors (Lipinski definition) is 4. The van der Waals surface area contributed by atoms with Crippen LogP contribution < -0.4 is 5.32 Å². The predicted octanol–water partition coefficient (Wildman–Crippen LogP) is 2.07. The number of nitrogens with one attached hydrogen (secondary N) is 1. The van der Waals surface area contributed by atoms with Gasteiger partial charge in [-0.25, -0.2) is 9.78 Å². The summed E-state index contributed by atoms with van der Waals surface area (Å²) in [4.78, 5) is 28.8. The molecule has 2 amide bonds. The second-order valence-electron chi connectivity index (χ2n) is 4.91. The molecule has 1 unspecified atom stereocenters. The predicted molar refractivity (Wildman–Crippen MR) is 75.6 cm³/mol. The molecule has 0 saturated carbocycles. The topological polar surface area (TPSA) is 82.5 Å². The largest absolute Gasteiger partial charge is 0.481 e. The lowest BCUT2D eigenvalue weighted by Crippen LogP contribution is -2.48. The molecule has 1 aromatic rings. The van der Waals surface area contributed by atoms with Gasteiger partial charge in [-0.2, -0.15) is 0 Å². The molecule has 0 spiro atoms. The summed E-state index contributed by atoms with van der Waals surface area (Å²) in [6, 6.07) is -0.0802.